The van der Waals surface area contributed by atoms with E-state index in [1.807, 2.05) is 46.1 Å². The average molecular weight is 1200 g/mol. The third kappa shape index (κ3) is 17.5. The molecule has 438 valence electrons. The number of aromatic nitrogens is 3. The van der Waals surface area contributed by atoms with Crippen LogP contribution in [0.1, 0.15) is 65.5 Å². The Morgan fingerprint density at radius 1 is 0.902 bits per heavy atom. The second kappa shape index (κ2) is 30.5. The Kier molecular flexibility index (Phi) is 23.7. The van der Waals surface area contributed by atoms with Crippen LogP contribution in [0.25, 0.3) is 10.9 Å². The number of imide groups is 1. The maximum atomic E-state index is 13.5. The third-order valence-corrected chi connectivity index (χ3v) is 14.0. The highest BCUT2D eigenvalue weighted by atomic mass is 79.9. The number of fused-ring (bicyclic) bond motifs is 1. The van der Waals surface area contributed by atoms with Gasteiger partial charge >= 0.3 is 5.97 Å². The van der Waals surface area contributed by atoms with Crippen LogP contribution < -0.4 is 30.4 Å². The van der Waals surface area contributed by atoms with Gasteiger partial charge in [0, 0.05) is 77.6 Å². The number of aromatic amines is 1. The van der Waals surface area contributed by atoms with Crippen LogP contribution in [-0.2, 0) is 62.4 Å². The largest absolute Gasteiger partial charge is 0.479 e. The quantitative estimate of drug-likeness (QED) is 0.00904. The molecule has 4 amide bonds. The fraction of sp³-hybridized carbons (Fsp3) is 0.414. The van der Waals surface area contributed by atoms with Gasteiger partial charge in [-0.15, -0.1) is 6.42 Å². The molecular formula is C58H68BrN7O16. The number of amides is 4. The first-order valence-corrected chi connectivity index (χ1v) is 27.0. The van der Waals surface area contributed by atoms with Crippen LogP contribution in [-0.4, -0.2) is 161 Å². The van der Waals surface area contributed by atoms with Crippen LogP contribution in [0, 0.1) is 32.6 Å². The molecule has 2 aliphatic rings. The Balaban J connectivity index is 0.0000108. The summed E-state index contributed by atoms with van der Waals surface area (Å²) in [7, 11) is 0. The van der Waals surface area contributed by atoms with E-state index in [1.165, 1.54) is 11.0 Å². The van der Waals surface area contributed by atoms with Crippen LogP contribution in [0.15, 0.2) is 88.4 Å². The molecule has 2 saturated heterocycles. The number of carboxylic acid groups (broad SMARTS) is 1. The summed E-state index contributed by atoms with van der Waals surface area (Å²) < 4.78 is 30.2. The Morgan fingerprint density at radius 3 is 2.32 bits per heavy atom. The van der Waals surface area contributed by atoms with Crippen molar-refractivity contribution in [3.05, 3.63) is 129 Å². The number of ether oxygens (including phenoxy) is 5. The standard InChI is InChI=1S/C57H64BrN7O16.CH3/c1-4-18-64(33-39-29-41-43(30-42(39)58)60-35(3)61-54(41)73)40-11-9-38(10-12-40)45(66)13-7-36-6-5-19-63(31-36)32-37-8-14-46(80-57-52(72)50(70)51(71)53(81-57)56(75)76)44(28-37)62-48(68)15-17-59-47(67)16-21-77-23-25-79-26-24-78-22-20-65-49(69)27-34(2)55(65)74;/h1,5-6,8-12,14,19,28-31,34,50-53,57,70-72H,7,13,15-18,20-27,32-33H2,2-3H3,(H3-,59,60,61,62,67,68,73,75,76);1H3/q;-1/p+1/t34?,50-,51-,52+,53-,57+;/m0./s1. The molecule has 0 bridgehead atoms. The van der Waals surface area contributed by atoms with Gasteiger partial charge in [-0.2, -0.15) is 0 Å². The lowest BCUT2D eigenvalue weighted by atomic mass is 9.99. The second-order valence-corrected chi connectivity index (χ2v) is 20.3. The molecule has 0 radical (unpaired) electrons. The Hall–Kier alpha value is -7.47. The number of hydrogen-bond donors (Lipinski definition) is 7. The summed E-state index contributed by atoms with van der Waals surface area (Å²) in [4.78, 5) is 98.1. The lowest BCUT2D eigenvalue weighted by molar-refractivity contribution is -0.688. The number of rotatable bonds is 29. The van der Waals surface area contributed by atoms with Crippen LogP contribution in [0.5, 0.6) is 5.75 Å². The zero-order chi connectivity index (χ0) is 58.2. The fourth-order valence-electron chi connectivity index (χ4n) is 9.00. The van der Waals surface area contributed by atoms with E-state index in [2.05, 4.69) is 42.5 Å². The second-order valence-electron chi connectivity index (χ2n) is 19.4. The molecule has 7 rings (SSSR count). The maximum Gasteiger partial charge on any atom is 0.335 e. The summed E-state index contributed by atoms with van der Waals surface area (Å²) in [5.41, 5.74) is 4.06. The van der Waals surface area contributed by atoms with E-state index < -0.39 is 42.6 Å². The number of anilines is 2. The molecule has 0 aliphatic carbocycles. The van der Waals surface area contributed by atoms with Crippen molar-refractivity contribution in [3.8, 4) is 18.1 Å². The molecule has 24 heteroatoms. The van der Waals surface area contributed by atoms with Gasteiger partial charge in [-0.3, -0.25) is 33.7 Å². The summed E-state index contributed by atoms with van der Waals surface area (Å²) in [5.74, 6) is -0.166. The Labute approximate surface area is 482 Å². The number of aliphatic carboxylic acids is 1. The van der Waals surface area contributed by atoms with Crippen LogP contribution in [0.3, 0.4) is 0 Å². The molecule has 23 nitrogen and oxygen atoms in total. The fourth-order valence-corrected chi connectivity index (χ4v) is 9.46. The first kappa shape index (κ1) is 63.7. The predicted molar refractivity (Wildman–Crippen MR) is 301 cm³/mol. The van der Waals surface area contributed by atoms with Crippen LogP contribution >= 0.6 is 15.9 Å². The highest BCUT2D eigenvalue weighted by Crippen LogP contribution is 2.32. The van der Waals surface area contributed by atoms with Crippen molar-refractivity contribution in [2.45, 2.75) is 89.7 Å². The van der Waals surface area contributed by atoms with Crippen molar-refractivity contribution >= 4 is 73.6 Å². The molecule has 5 aromatic rings. The van der Waals surface area contributed by atoms with E-state index in [9.17, 15) is 54.0 Å². The first-order valence-electron chi connectivity index (χ1n) is 26.2. The number of Topliss-reactive ketones (excluding diaryl/α,β-unsaturated/α-hetero) is 1. The molecule has 2 aromatic heterocycles. The van der Waals surface area contributed by atoms with Gasteiger partial charge in [-0.05, 0) is 79.6 Å². The van der Waals surface area contributed by atoms with Crippen molar-refractivity contribution in [1.29, 1.82) is 0 Å². The number of halogens is 1. The number of terminal acetylenes is 1. The van der Waals surface area contributed by atoms with Gasteiger partial charge < -0.3 is 72.1 Å². The first-order chi connectivity index (χ1) is 38.9. The van der Waals surface area contributed by atoms with Crippen LogP contribution in [0.2, 0.25) is 0 Å². The molecule has 2 aliphatic heterocycles. The number of ketones is 1. The average Bonchev–Trinajstić information content (AvgIpc) is 3.76. The summed E-state index contributed by atoms with van der Waals surface area (Å²) in [6, 6.07) is 19.2. The van der Waals surface area contributed by atoms with Gasteiger partial charge in [0.25, 0.3) is 5.56 Å². The number of H-pyrrole nitrogens is 1. The number of carbonyl (C=O) groups is 6. The number of aliphatic hydroxyl groups is 3. The molecule has 7 N–H and O–H groups in total. The van der Waals surface area contributed by atoms with Crippen LogP contribution in [0.4, 0.5) is 11.4 Å². The van der Waals surface area contributed by atoms with E-state index in [1.54, 1.807) is 50.2 Å². The van der Waals surface area contributed by atoms with Gasteiger partial charge in [-0.25, -0.2) is 14.3 Å². The van der Waals surface area contributed by atoms with E-state index in [0.717, 1.165) is 21.3 Å². The van der Waals surface area contributed by atoms with Gasteiger partial charge in [0.05, 0.1) is 69.3 Å². The van der Waals surface area contributed by atoms with E-state index in [-0.39, 0.29) is 145 Å². The lowest BCUT2D eigenvalue weighted by Gasteiger charge is -2.38. The molecule has 82 heavy (non-hydrogen) atoms. The van der Waals surface area contributed by atoms with Gasteiger partial charge in [0.1, 0.15) is 29.9 Å². The number of likely N-dealkylation sites (tertiary alicyclic amines) is 1. The molecule has 0 spiro atoms. The number of pyridine rings is 1. The topological polar surface area (TPSA) is 310 Å². The van der Waals surface area contributed by atoms with Crippen molar-refractivity contribution < 1.29 is 77.4 Å². The zero-order valence-electron chi connectivity index (χ0n) is 45.7. The molecule has 1 unspecified atom stereocenters. The Morgan fingerprint density at radius 2 is 1.62 bits per heavy atom. The lowest BCUT2D eigenvalue weighted by Crippen LogP contribution is -2.61. The minimum atomic E-state index is -1.96. The molecule has 2 fully saturated rings. The predicted octanol–water partition coefficient (Wildman–Crippen LogP) is 2.79. The highest BCUT2D eigenvalue weighted by Gasteiger charge is 2.48. The van der Waals surface area contributed by atoms with E-state index >= 15 is 0 Å². The van der Waals surface area contributed by atoms with Gasteiger partial charge in [0.2, 0.25) is 29.9 Å². The van der Waals surface area contributed by atoms with Crippen molar-refractivity contribution in [2.75, 3.05) is 69.5 Å². The number of aliphatic hydroxyl groups excluding tert-OH is 3. The minimum Gasteiger partial charge on any atom is -0.479 e. The molecular weight excluding hydrogens is 1130 g/mol. The van der Waals surface area contributed by atoms with E-state index in [0.29, 0.717) is 40.8 Å². The maximum absolute atomic E-state index is 13.5. The Bertz CT molecular complexity index is 3170. The number of hydrogen-bond acceptors (Lipinski definition) is 17. The SMILES string of the molecule is C#CCN(Cc1cc2c(=O)[nH]c(C)nc2cc1Br)c1ccc(C(=O)CCc2ccc[n+](Cc3ccc(O[C@@H]4O[C@H](C(=O)O)[C@@H](O)[C@H](O)[C@H]4O)c(NC(=O)CCNC(=O)CCOCCOCCOCCN4C(=O)CC(C)C4=O)c3)c2)cc1.[CH3-]. The third-order valence-electron chi connectivity index (χ3n) is 13.3. The molecule has 6 atom stereocenters. The molecule has 0 saturated carbocycles. The normalized spacial score (nSPS) is 18.6. The number of carboxylic acids is 1. The van der Waals surface area contributed by atoms with Gasteiger partial charge in [-0.1, -0.05) is 28.8 Å². The number of nitrogens with zero attached hydrogens (tertiary/aromatic N) is 4. The highest BCUT2D eigenvalue weighted by molar-refractivity contribution is 9.10. The minimum absolute atomic E-state index is 0. The smallest absolute Gasteiger partial charge is 0.335 e. The van der Waals surface area contributed by atoms with E-state index in [4.69, 9.17) is 30.1 Å². The number of carbonyl (C=O) groups excluding carboxylic acids is 5. The van der Waals surface area contributed by atoms with Gasteiger partial charge in [0.15, 0.2) is 30.8 Å². The monoisotopic (exact) mass is 1200 g/mol. The number of benzene rings is 3. The van der Waals surface area contributed by atoms with Crippen molar-refractivity contribution in [1.82, 2.24) is 20.2 Å². The van der Waals surface area contributed by atoms with Crippen molar-refractivity contribution in [2.24, 2.45) is 5.92 Å². The molecule has 4 heterocycles. The van der Waals surface area contributed by atoms with Crippen molar-refractivity contribution in [3.63, 3.8) is 0 Å². The molecule has 3 aromatic carbocycles. The summed E-state index contributed by atoms with van der Waals surface area (Å²) >= 11 is 3.62. The summed E-state index contributed by atoms with van der Waals surface area (Å²) in [6.07, 6.45) is 0.624. The summed E-state index contributed by atoms with van der Waals surface area (Å²) in [6.45, 7) is 5.78. The summed E-state index contributed by atoms with van der Waals surface area (Å²) in [5, 5.41) is 46.8. The number of nitrogens with one attached hydrogen (secondary N) is 3. The zero-order valence-corrected chi connectivity index (χ0v) is 47.3. The number of aryl methyl sites for hydroxylation is 2.